The van der Waals surface area contributed by atoms with Gasteiger partial charge in [0.15, 0.2) is 0 Å². The third-order valence-electron chi connectivity index (χ3n) is 10.7. The van der Waals surface area contributed by atoms with Gasteiger partial charge in [-0.3, -0.25) is 9.69 Å². The molecule has 0 radical (unpaired) electrons. The van der Waals surface area contributed by atoms with Crippen LogP contribution in [0.4, 0.5) is 20.2 Å². The van der Waals surface area contributed by atoms with E-state index in [1.54, 1.807) is 24.3 Å². The number of hydrogen-bond acceptors (Lipinski definition) is 4. The van der Waals surface area contributed by atoms with Gasteiger partial charge < -0.3 is 15.5 Å². The molecule has 7 heteroatoms. The van der Waals surface area contributed by atoms with E-state index in [0.29, 0.717) is 24.1 Å². The van der Waals surface area contributed by atoms with Gasteiger partial charge in [-0.1, -0.05) is 91.0 Å². The highest BCUT2D eigenvalue weighted by atomic mass is 19.1. The molecule has 8 rings (SSSR count). The molecule has 53 heavy (non-hydrogen) atoms. The number of fused-ring (bicyclic) bond motifs is 2. The SMILES string of the molecule is Fc1cccc(NCCN2CCC(c3ccc4ccccc4c3)CC2)c1.O=C(CN1CCC(c2ccc3ccccc3c2)CC1)Nc1ccc(F)cc1. The van der Waals surface area contributed by atoms with Crippen molar-refractivity contribution in [2.75, 3.05) is 56.4 Å². The van der Waals surface area contributed by atoms with Gasteiger partial charge in [0.1, 0.15) is 11.6 Å². The molecule has 2 fully saturated rings. The van der Waals surface area contributed by atoms with Gasteiger partial charge in [-0.25, -0.2) is 8.78 Å². The Bertz CT molecular complexity index is 2100. The highest BCUT2D eigenvalue weighted by Crippen LogP contribution is 2.31. The molecule has 0 spiro atoms. The number of likely N-dealkylation sites (tertiary alicyclic amines) is 2. The molecule has 2 heterocycles. The summed E-state index contributed by atoms with van der Waals surface area (Å²) in [5.41, 5.74) is 4.36. The number of amides is 1. The van der Waals surface area contributed by atoms with E-state index in [1.165, 1.54) is 63.7 Å². The Balaban J connectivity index is 0.000000164. The van der Waals surface area contributed by atoms with Crippen molar-refractivity contribution in [3.63, 3.8) is 0 Å². The van der Waals surface area contributed by atoms with Crippen LogP contribution in [0.3, 0.4) is 0 Å². The van der Waals surface area contributed by atoms with Crippen LogP contribution >= 0.6 is 0 Å². The predicted octanol–water partition coefficient (Wildman–Crippen LogP) is 10.1. The third kappa shape index (κ3) is 10.1. The number of anilines is 2. The third-order valence-corrected chi connectivity index (χ3v) is 10.7. The van der Waals surface area contributed by atoms with E-state index in [1.807, 2.05) is 6.07 Å². The van der Waals surface area contributed by atoms with E-state index in [9.17, 15) is 13.6 Å². The normalized spacial score (nSPS) is 15.9. The van der Waals surface area contributed by atoms with Crippen LogP contribution in [0.15, 0.2) is 133 Å². The lowest BCUT2D eigenvalue weighted by Gasteiger charge is -2.32. The second-order valence-electron chi connectivity index (χ2n) is 14.4. The zero-order valence-electron chi connectivity index (χ0n) is 30.2. The van der Waals surface area contributed by atoms with Gasteiger partial charge in [-0.15, -0.1) is 0 Å². The quantitative estimate of drug-likeness (QED) is 0.157. The maximum Gasteiger partial charge on any atom is 0.238 e. The lowest BCUT2D eigenvalue weighted by molar-refractivity contribution is -0.117. The molecule has 1 amide bonds. The van der Waals surface area contributed by atoms with Crippen molar-refractivity contribution < 1.29 is 13.6 Å². The second-order valence-corrected chi connectivity index (χ2v) is 14.4. The Morgan fingerprint density at radius 1 is 0.547 bits per heavy atom. The largest absolute Gasteiger partial charge is 0.384 e. The Kier molecular flexibility index (Phi) is 12.0. The summed E-state index contributed by atoms with van der Waals surface area (Å²) < 4.78 is 26.1. The van der Waals surface area contributed by atoms with Crippen LogP contribution < -0.4 is 10.6 Å². The summed E-state index contributed by atoms with van der Waals surface area (Å²) in [6.45, 7) is 6.31. The summed E-state index contributed by atoms with van der Waals surface area (Å²) in [6, 6.07) is 43.2. The van der Waals surface area contributed by atoms with Crippen molar-refractivity contribution >= 4 is 38.8 Å². The minimum Gasteiger partial charge on any atom is -0.384 e. The van der Waals surface area contributed by atoms with Gasteiger partial charge in [0.2, 0.25) is 5.91 Å². The molecule has 0 saturated carbocycles. The highest BCUT2D eigenvalue weighted by molar-refractivity contribution is 5.92. The van der Waals surface area contributed by atoms with Crippen LogP contribution in [-0.4, -0.2) is 61.5 Å². The van der Waals surface area contributed by atoms with Crippen LogP contribution in [0.5, 0.6) is 0 Å². The number of carbonyl (C=O) groups excluding carboxylic acids is 1. The molecule has 0 aliphatic carbocycles. The lowest BCUT2D eigenvalue weighted by Crippen LogP contribution is -2.38. The molecular weight excluding hydrogens is 663 g/mol. The first-order valence-corrected chi connectivity index (χ1v) is 18.9. The fraction of sp³-hybridized carbons (Fsp3) is 0.283. The summed E-state index contributed by atoms with van der Waals surface area (Å²) in [7, 11) is 0. The number of benzene rings is 6. The van der Waals surface area contributed by atoms with Gasteiger partial charge in [0.05, 0.1) is 6.54 Å². The molecule has 6 aromatic carbocycles. The second kappa shape index (κ2) is 17.6. The number of nitrogens with zero attached hydrogens (tertiary/aromatic N) is 2. The molecule has 5 nitrogen and oxygen atoms in total. The number of hydrogen-bond donors (Lipinski definition) is 2. The number of rotatable bonds is 9. The van der Waals surface area contributed by atoms with E-state index in [-0.39, 0.29) is 17.5 Å². The molecule has 0 bridgehead atoms. The van der Waals surface area contributed by atoms with Crippen molar-refractivity contribution in [2.45, 2.75) is 37.5 Å². The highest BCUT2D eigenvalue weighted by Gasteiger charge is 2.23. The van der Waals surface area contributed by atoms with E-state index in [4.69, 9.17) is 0 Å². The number of piperidine rings is 2. The minimum atomic E-state index is -0.302. The van der Waals surface area contributed by atoms with E-state index in [0.717, 1.165) is 57.8 Å². The molecule has 2 aliphatic rings. The molecule has 0 aromatic heterocycles. The van der Waals surface area contributed by atoms with Crippen LogP contribution in [0.2, 0.25) is 0 Å². The number of carbonyl (C=O) groups is 1. The Hall–Kier alpha value is -5.11. The summed E-state index contributed by atoms with van der Waals surface area (Å²) in [5, 5.41) is 11.4. The maximum atomic E-state index is 13.2. The fourth-order valence-electron chi connectivity index (χ4n) is 7.73. The van der Waals surface area contributed by atoms with Crippen molar-refractivity contribution in [1.82, 2.24) is 9.80 Å². The van der Waals surface area contributed by atoms with Gasteiger partial charge in [-0.2, -0.15) is 0 Å². The van der Waals surface area contributed by atoms with Crippen molar-refractivity contribution in [3.05, 3.63) is 156 Å². The average molecular weight is 711 g/mol. The van der Waals surface area contributed by atoms with E-state index in [2.05, 4.69) is 105 Å². The Labute approximate surface area is 311 Å². The van der Waals surface area contributed by atoms with Crippen molar-refractivity contribution in [2.24, 2.45) is 0 Å². The first-order chi connectivity index (χ1) is 25.9. The monoisotopic (exact) mass is 710 g/mol. The van der Waals surface area contributed by atoms with Crippen molar-refractivity contribution in [3.8, 4) is 0 Å². The summed E-state index contributed by atoms with van der Waals surface area (Å²) in [6.07, 6.45) is 4.53. The fourth-order valence-corrected chi connectivity index (χ4v) is 7.73. The summed E-state index contributed by atoms with van der Waals surface area (Å²) >= 11 is 0. The molecule has 0 unspecified atom stereocenters. The topological polar surface area (TPSA) is 47.6 Å². The molecule has 272 valence electrons. The average Bonchev–Trinajstić information content (AvgIpc) is 3.19. The minimum absolute atomic E-state index is 0.0502. The number of halogens is 2. The van der Waals surface area contributed by atoms with Gasteiger partial charge in [-0.05, 0) is 139 Å². The maximum absolute atomic E-state index is 13.2. The summed E-state index contributed by atoms with van der Waals surface area (Å²) in [4.78, 5) is 16.9. The molecular formula is C46H48F2N4O. The smallest absolute Gasteiger partial charge is 0.238 e. The zero-order chi connectivity index (χ0) is 36.4. The zero-order valence-corrected chi connectivity index (χ0v) is 30.2. The first kappa shape index (κ1) is 36.3. The molecule has 2 aliphatic heterocycles. The molecule has 6 aromatic rings. The molecule has 2 saturated heterocycles. The lowest BCUT2D eigenvalue weighted by atomic mass is 9.88. The molecule has 0 atom stereocenters. The van der Waals surface area contributed by atoms with Crippen LogP contribution in [0, 0.1) is 11.6 Å². The Morgan fingerprint density at radius 2 is 1.09 bits per heavy atom. The van der Waals surface area contributed by atoms with Crippen LogP contribution in [0.1, 0.15) is 48.6 Å². The van der Waals surface area contributed by atoms with E-state index < -0.39 is 0 Å². The number of nitrogens with one attached hydrogen (secondary N) is 2. The van der Waals surface area contributed by atoms with Gasteiger partial charge in [0, 0.05) is 24.5 Å². The van der Waals surface area contributed by atoms with Crippen LogP contribution in [-0.2, 0) is 4.79 Å². The predicted molar refractivity (Wildman–Crippen MR) is 215 cm³/mol. The summed E-state index contributed by atoms with van der Waals surface area (Å²) in [5.74, 6) is 0.666. The molecule has 2 N–H and O–H groups in total. The first-order valence-electron chi connectivity index (χ1n) is 18.9. The Morgan fingerprint density at radius 3 is 1.66 bits per heavy atom. The van der Waals surface area contributed by atoms with Gasteiger partial charge >= 0.3 is 0 Å². The van der Waals surface area contributed by atoms with Crippen molar-refractivity contribution in [1.29, 1.82) is 0 Å². The van der Waals surface area contributed by atoms with Gasteiger partial charge in [0.25, 0.3) is 0 Å². The van der Waals surface area contributed by atoms with E-state index >= 15 is 0 Å². The van der Waals surface area contributed by atoms with Crippen LogP contribution in [0.25, 0.3) is 21.5 Å². The standard InChI is InChI=1S/C23H23FN2O.C23H25FN2/c24-21-7-9-22(10-8-21)25-23(27)16-26-13-11-18(12-14-26)20-6-5-17-3-1-2-4-19(17)15-20;24-22-6-3-7-23(17-22)25-12-15-26-13-10-19(11-14-26)21-9-8-18-4-1-2-5-20(18)16-21/h1-10,15,18H,11-14,16H2,(H,25,27);1-9,16-17,19,25H,10-15H2.